The summed E-state index contributed by atoms with van der Waals surface area (Å²) in [5, 5.41) is 3.70. The molecule has 2 aliphatic rings. The molecule has 0 radical (unpaired) electrons. The highest BCUT2D eigenvalue weighted by Crippen LogP contribution is 2.27. The molecule has 1 fully saturated rings. The van der Waals surface area contributed by atoms with Gasteiger partial charge in [0.2, 0.25) is 0 Å². The summed E-state index contributed by atoms with van der Waals surface area (Å²) < 4.78 is 0. The van der Waals surface area contributed by atoms with Crippen LogP contribution < -0.4 is 5.32 Å². The van der Waals surface area contributed by atoms with Crippen LogP contribution in [0.3, 0.4) is 0 Å². The summed E-state index contributed by atoms with van der Waals surface area (Å²) in [5.41, 5.74) is 1.57. The fraction of sp³-hybridized carbons (Fsp3) is 0.750. The Morgan fingerprint density at radius 1 is 1.24 bits per heavy atom. The zero-order valence-corrected chi connectivity index (χ0v) is 11.3. The molecule has 0 bridgehead atoms. The highest BCUT2D eigenvalue weighted by molar-refractivity contribution is 5.16. The van der Waals surface area contributed by atoms with E-state index in [0.29, 0.717) is 6.04 Å². The van der Waals surface area contributed by atoms with Gasteiger partial charge in [0, 0.05) is 12.6 Å². The lowest BCUT2D eigenvalue weighted by Crippen LogP contribution is -2.30. The van der Waals surface area contributed by atoms with Crippen molar-refractivity contribution < 1.29 is 0 Å². The van der Waals surface area contributed by atoms with Gasteiger partial charge in [-0.1, -0.05) is 55.9 Å². The smallest absolute Gasteiger partial charge is 0.0170 e. The highest BCUT2D eigenvalue weighted by Gasteiger charge is 2.16. The first-order valence-electron chi connectivity index (χ1n) is 7.41. The van der Waals surface area contributed by atoms with E-state index in [1.807, 2.05) is 0 Å². The second-order valence-corrected chi connectivity index (χ2v) is 5.80. The van der Waals surface area contributed by atoms with E-state index in [9.17, 15) is 0 Å². The van der Waals surface area contributed by atoms with Gasteiger partial charge in [0.05, 0.1) is 0 Å². The van der Waals surface area contributed by atoms with Crippen molar-refractivity contribution in [3.63, 3.8) is 0 Å². The van der Waals surface area contributed by atoms with Crippen molar-refractivity contribution in [3.05, 3.63) is 23.8 Å². The lowest BCUT2D eigenvalue weighted by molar-refractivity contribution is 0.307. The maximum atomic E-state index is 3.70. The molecule has 1 unspecified atom stereocenters. The molecule has 1 nitrogen and oxygen atoms in total. The van der Waals surface area contributed by atoms with E-state index in [2.05, 4.69) is 30.5 Å². The lowest BCUT2D eigenvalue weighted by atomic mass is 9.85. The minimum absolute atomic E-state index is 0.685. The van der Waals surface area contributed by atoms with E-state index in [0.717, 1.165) is 25.3 Å². The molecule has 0 amide bonds. The third-order valence-corrected chi connectivity index (χ3v) is 4.18. The lowest BCUT2D eigenvalue weighted by Gasteiger charge is -2.25. The Labute approximate surface area is 106 Å². The summed E-state index contributed by atoms with van der Waals surface area (Å²) in [6.45, 7) is 3.45. The van der Waals surface area contributed by atoms with Crippen LogP contribution in [0.5, 0.6) is 0 Å². The van der Waals surface area contributed by atoms with Crippen molar-refractivity contribution >= 4 is 0 Å². The summed E-state index contributed by atoms with van der Waals surface area (Å²) >= 11 is 0. The average molecular weight is 233 g/mol. The van der Waals surface area contributed by atoms with E-state index in [4.69, 9.17) is 0 Å². The molecular weight excluding hydrogens is 206 g/mol. The van der Waals surface area contributed by atoms with E-state index in [1.165, 1.54) is 38.5 Å². The Bertz CT molecular complexity index is 271. The largest absolute Gasteiger partial charge is 0.311 e. The average Bonchev–Trinajstić information content (AvgIpc) is 2.39. The summed E-state index contributed by atoms with van der Waals surface area (Å²) in [4.78, 5) is 0. The maximum absolute atomic E-state index is 3.70. The van der Waals surface area contributed by atoms with Gasteiger partial charge < -0.3 is 5.32 Å². The number of allylic oxidation sites excluding steroid dienone is 3. The number of hydrogen-bond donors (Lipinski definition) is 1. The van der Waals surface area contributed by atoms with Gasteiger partial charge in [0.1, 0.15) is 0 Å². The molecule has 0 heterocycles. The maximum Gasteiger partial charge on any atom is 0.0170 e. The number of rotatable bonds is 5. The molecule has 1 saturated carbocycles. The van der Waals surface area contributed by atoms with Crippen LogP contribution in [0.1, 0.15) is 58.3 Å². The Kier molecular flexibility index (Phi) is 5.31. The quantitative estimate of drug-likeness (QED) is 0.701. The van der Waals surface area contributed by atoms with Gasteiger partial charge in [-0.05, 0) is 32.1 Å². The van der Waals surface area contributed by atoms with Gasteiger partial charge >= 0.3 is 0 Å². The third kappa shape index (κ3) is 4.67. The predicted molar refractivity (Wildman–Crippen MR) is 75.1 cm³/mol. The van der Waals surface area contributed by atoms with Crippen LogP contribution in [0.25, 0.3) is 0 Å². The molecule has 1 N–H and O–H groups in total. The van der Waals surface area contributed by atoms with Crippen LogP contribution in [0.15, 0.2) is 23.8 Å². The van der Waals surface area contributed by atoms with Crippen molar-refractivity contribution in [3.8, 4) is 0 Å². The molecule has 0 spiro atoms. The molecule has 0 aromatic heterocycles. The molecule has 1 atom stereocenters. The van der Waals surface area contributed by atoms with Gasteiger partial charge in [-0.3, -0.25) is 0 Å². The van der Waals surface area contributed by atoms with E-state index in [1.54, 1.807) is 5.57 Å². The first-order chi connectivity index (χ1) is 8.34. The molecule has 0 saturated heterocycles. The topological polar surface area (TPSA) is 12.0 Å². The first kappa shape index (κ1) is 12.9. The first-order valence-corrected chi connectivity index (χ1v) is 7.41. The molecule has 0 aliphatic heterocycles. The molecule has 96 valence electrons. The van der Waals surface area contributed by atoms with Crippen LogP contribution in [0, 0.1) is 5.92 Å². The van der Waals surface area contributed by atoms with Crippen LogP contribution in [0.4, 0.5) is 0 Å². The second kappa shape index (κ2) is 7.00. The molecule has 1 heteroatoms. The zero-order valence-electron chi connectivity index (χ0n) is 11.3. The standard InChI is InChI=1S/C16H27N/c1-14(12-15-8-4-2-5-9-15)17-13-16-10-6-3-7-11-16/h3,6,11,14-15,17H,2,4-5,7-10,12-13H2,1H3. The Morgan fingerprint density at radius 2 is 2.06 bits per heavy atom. The summed E-state index contributed by atoms with van der Waals surface area (Å²) in [6.07, 6.45) is 17.9. The Hall–Kier alpha value is -0.560. The fourth-order valence-corrected chi connectivity index (χ4v) is 3.10. The highest BCUT2D eigenvalue weighted by atomic mass is 14.9. The summed E-state index contributed by atoms with van der Waals surface area (Å²) in [6, 6.07) is 0.685. The second-order valence-electron chi connectivity index (χ2n) is 5.80. The summed E-state index contributed by atoms with van der Waals surface area (Å²) in [7, 11) is 0. The normalized spacial score (nSPS) is 23.5. The van der Waals surface area contributed by atoms with E-state index in [-0.39, 0.29) is 0 Å². The molecular formula is C16H27N. The Balaban J connectivity index is 1.62. The molecule has 2 aliphatic carbocycles. The minimum atomic E-state index is 0.685. The van der Waals surface area contributed by atoms with Gasteiger partial charge in [-0.25, -0.2) is 0 Å². The van der Waals surface area contributed by atoms with Crippen molar-refractivity contribution in [1.82, 2.24) is 5.32 Å². The molecule has 17 heavy (non-hydrogen) atoms. The Morgan fingerprint density at radius 3 is 2.76 bits per heavy atom. The SMILES string of the molecule is CC(CC1CCCCC1)NCC1=CCC=CC1. The monoisotopic (exact) mass is 233 g/mol. The van der Waals surface area contributed by atoms with Crippen molar-refractivity contribution in [2.45, 2.75) is 64.3 Å². The number of hydrogen-bond acceptors (Lipinski definition) is 1. The fourth-order valence-electron chi connectivity index (χ4n) is 3.10. The predicted octanol–water partition coefficient (Wildman–Crippen LogP) is 4.21. The summed E-state index contributed by atoms with van der Waals surface area (Å²) in [5.74, 6) is 0.992. The van der Waals surface area contributed by atoms with E-state index < -0.39 is 0 Å². The van der Waals surface area contributed by atoms with Gasteiger partial charge in [0.25, 0.3) is 0 Å². The van der Waals surface area contributed by atoms with Crippen molar-refractivity contribution in [1.29, 1.82) is 0 Å². The van der Waals surface area contributed by atoms with Crippen LogP contribution in [-0.2, 0) is 0 Å². The van der Waals surface area contributed by atoms with Crippen LogP contribution in [0.2, 0.25) is 0 Å². The molecule has 0 aromatic carbocycles. The van der Waals surface area contributed by atoms with Crippen molar-refractivity contribution in [2.24, 2.45) is 5.92 Å². The zero-order chi connectivity index (χ0) is 11.9. The third-order valence-electron chi connectivity index (χ3n) is 4.18. The van der Waals surface area contributed by atoms with Gasteiger partial charge in [0.15, 0.2) is 0 Å². The molecule has 0 aromatic rings. The minimum Gasteiger partial charge on any atom is -0.311 e. The van der Waals surface area contributed by atoms with Crippen molar-refractivity contribution in [2.75, 3.05) is 6.54 Å². The van der Waals surface area contributed by atoms with Gasteiger partial charge in [-0.15, -0.1) is 0 Å². The van der Waals surface area contributed by atoms with Crippen LogP contribution >= 0.6 is 0 Å². The van der Waals surface area contributed by atoms with E-state index >= 15 is 0 Å². The van der Waals surface area contributed by atoms with Gasteiger partial charge in [-0.2, -0.15) is 0 Å². The van der Waals surface area contributed by atoms with Crippen LogP contribution in [-0.4, -0.2) is 12.6 Å². The number of nitrogens with one attached hydrogen (secondary N) is 1. The molecule has 2 rings (SSSR count).